The molecule has 2 aromatic carbocycles. The van der Waals surface area contributed by atoms with Crippen molar-refractivity contribution in [3.05, 3.63) is 77.1 Å². The van der Waals surface area contributed by atoms with Crippen LogP contribution in [-0.4, -0.2) is 27.5 Å². The molecule has 0 unspecified atom stereocenters. The Morgan fingerprint density at radius 3 is 2.59 bits per heavy atom. The molecule has 132 valence electrons. The number of nitrogens with one attached hydrogen (secondary N) is 1. The first-order chi connectivity index (χ1) is 13.1. The predicted molar refractivity (Wildman–Crippen MR) is 109 cm³/mol. The molecule has 0 spiro atoms. The summed E-state index contributed by atoms with van der Waals surface area (Å²) in [5.74, 6) is -0.135. The average molecular weight is 372 g/mol. The van der Waals surface area contributed by atoms with Crippen molar-refractivity contribution in [2.24, 2.45) is 0 Å². The Morgan fingerprint density at radius 1 is 1.19 bits per heavy atom. The Kier molecular flexibility index (Phi) is 4.22. The Morgan fingerprint density at radius 2 is 1.93 bits per heavy atom. The number of aromatic nitrogens is 1. The van der Waals surface area contributed by atoms with Crippen LogP contribution in [-0.2, 0) is 11.3 Å². The molecule has 1 fully saturated rings. The lowest BCUT2D eigenvalue weighted by molar-refractivity contribution is -0.121. The van der Waals surface area contributed by atoms with Crippen LogP contribution >= 0.6 is 12.2 Å². The van der Waals surface area contributed by atoms with Crippen molar-refractivity contribution < 1.29 is 4.79 Å². The lowest BCUT2D eigenvalue weighted by Gasteiger charge is -2.05. The Labute approximate surface area is 162 Å². The average Bonchev–Trinajstić information content (AvgIpc) is 3.15. The molecule has 3 aromatic rings. The number of benzene rings is 2. The number of carbonyl (C=O) groups is 1. The Balaban J connectivity index is 1.74. The summed E-state index contributed by atoms with van der Waals surface area (Å²) in [7, 11) is 1.66. The van der Waals surface area contributed by atoms with Gasteiger partial charge in [-0.25, -0.2) is 0 Å². The first-order valence-electron chi connectivity index (χ1n) is 8.44. The van der Waals surface area contributed by atoms with E-state index in [1.807, 2.05) is 54.7 Å². The number of hydrogen-bond acceptors (Lipinski definition) is 3. The smallest absolute Gasteiger partial charge is 0.276 e. The summed E-state index contributed by atoms with van der Waals surface area (Å²) < 4.78 is 2.14. The van der Waals surface area contributed by atoms with Crippen LogP contribution < -0.4 is 5.32 Å². The molecule has 27 heavy (non-hydrogen) atoms. The fourth-order valence-corrected chi connectivity index (χ4v) is 3.37. The number of nitriles is 1. The van der Waals surface area contributed by atoms with Crippen molar-refractivity contribution in [1.82, 2.24) is 14.8 Å². The van der Waals surface area contributed by atoms with Gasteiger partial charge in [-0.15, -0.1) is 0 Å². The van der Waals surface area contributed by atoms with E-state index in [4.69, 9.17) is 17.5 Å². The summed E-state index contributed by atoms with van der Waals surface area (Å²) in [6.07, 6.45) is 3.88. The molecule has 0 aliphatic carbocycles. The van der Waals surface area contributed by atoms with Gasteiger partial charge >= 0.3 is 0 Å². The fraction of sp³-hybridized carbons (Fsp3) is 0.0952. The first kappa shape index (κ1) is 17.0. The minimum atomic E-state index is -0.135. The molecule has 4 rings (SSSR count). The number of para-hydroxylation sites is 1. The van der Waals surface area contributed by atoms with Gasteiger partial charge in [-0.3, -0.25) is 9.69 Å². The van der Waals surface area contributed by atoms with Crippen LogP contribution in [0.2, 0.25) is 0 Å². The molecule has 1 amide bonds. The van der Waals surface area contributed by atoms with E-state index >= 15 is 0 Å². The summed E-state index contributed by atoms with van der Waals surface area (Å²) in [5.41, 5.74) is 4.25. The van der Waals surface area contributed by atoms with Crippen molar-refractivity contribution >= 4 is 40.2 Å². The van der Waals surface area contributed by atoms with Crippen molar-refractivity contribution in [3.8, 4) is 6.07 Å². The summed E-state index contributed by atoms with van der Waals surface area (Å²) in [6, 6.07) is 17.8. The van der Waals surface area contributed by atoms with Gasteiger partial charge < -0.3 is 9.88 Å². The molecule has 5 nitrogen and oxygen atoms in total. The zero-order valence-electron chi connectivity index (χ0n) is 14.6. The molecule has 2 heterocycles. The van der Waals surface area contributed by atoms with Gasteiger partial charge in [0.05, 0.1) is 11.6 Å². The molecule has 6 heteroatoms. The van der Waals surface area contributed by atoms with Crippen LogP contribution in [0.15, 0.2) is 60.4 Å². The molecule has 0 bridgehead atoms. The Bertz CT molecular complexity index is 1140. The van der Waals surface area contributed by atoms with E-state index in [9.17, 15) is 4.79 Å². The Hall–Kier alpha value is -3.43. The predicted octanol–water partition coefficient (Wildman–Crippen LogP) is 3.25. The molecule has 0 atom stereocenters. The molecular formula is C21H16N4OS. The van der Waals surface area contributed by atoms with Gasteiger partial charge in [-0.05, 0) is 42.1 Å². The number of carbonyl (C=O) groups excluding carboxylic acids is 1. The van der Waals surface area contributed by atoms with Crippen LogP contribution in [0.1, 0.15) is 16.7 Å². The maximum Gasteiger partial charge on any atom is 0.276 e. The summed E-state index contributed by atoms with van der Waals surface area (Å²) in [4.78, 5) is 13.7. The topological polar surface area (TPSA) is 61.1 Å². The van der Waals surface area contributed by atoms with Crippen LogP contribution in [0.3, 0.4) is 0 Å². The lowest BCUT2D eigenvalue weighted by Crippen LogP contribution is -2.25. The third-order valence-electron chi connectivity index (χ3n) is 4.64. The van der Waals surface area contributed by atoms with Crippen molar-refractivity contribution in [2.75, 3.05) is 7.05 Å². The quantitative estimate of drug-likeness (QED) is 0.566. The van der Waals surface area contributed by atoms with E-state index in [1.54, 1.807) is 7.05 Å². The molecule has 1 aliphatic rings. The highest BCUT2D eigenvalue weighted by atomic mass is 32.1. The largest absolute Gasteiger partial charge is 0.342 e. The van der Waals surface area contributed by atoms with E-state index in [2.05, 4.69) is 22.0 Å². The third kappa shape index (κ3) is 3.09. The highest BCUT2D eigenvalue weighted by Gasteiger charge is 2.27. The summed E-state index contributed by atoms with van der Waals surface area (Å²) in [5, 5.41) is 13.4. The van der Waals surface area contributed by atoms with Crippen molar-refractivity contribution in [1.29, 1.82) is 5.26 Å². The third-order valence-corrected chi connectivity index (χ3v) is 5.01. The van der Waals surface area contributed by atoms with E-state index in [1.165, 1.54) is 4.90 Å². The number of nitrogens with zero attached hydrogens (tertiary/aromatic N) is 3. The SMILES string of the molecule is CN1C(=O)/C(=C/c2cn(Cc3ccc(C#N)cc3)c3ccccc23)NC1=S. The molecule has 1 saturated heterocycles. The standard InChI is InChI=1S/C21H16N4OS/c1-24-20(26)18(23-21(24)27)10-16-13-25(19-5-3-2-4-17(16)19)12-15-8-6-14(11-22)7-9-15/h2-10,13H,12H2,1H3,(H,23,27)/b18-10-. The van der Waals surface area contributed by atoms with Crippen molar-refractivity contribution in [3.63, 3.8) is 0 Å². The molecule has 1 N–H and O–H groups in total. The number of thiocarbonyl (C=S) groups is 1. The van der Waals surface area contributed by atoms with Gasteiger partial charge in [0.25, 0.3) is 5.91 Å². The zero-order valence-corrected chi connectivity index (χ0v) is 15.5. The zero-order chi connectivity index (χ0) is 19.0. The molecular weight excluding hydrogens is 356 g/mol. The van der Waals surface area contributed by atoms with E-state index in [0.29, 0.717) is 22.9 Å². The summed E-state index contributed by atoms with van der Waals surface area (Å²) in [6.45, 7) is 0.676. The maximum atomic E-state index is 12.3. The number of hydrogen-bond donors (Lipinski definition) is 1. The molecule has 1 aliphatic heterocycles. The number of likely N-dealkylation sites (N-methyl/N-ethyl adjacent to an activating group) is 1. The van der Waals surface area contributed by atoms with Gasteiger partial charge in [-0.2, -0.15) is 5.26 Å². The first-order valence-corrected chi connectivity index (χ1v) is 8.85. The highest BCUT2D eigenvalue weighted by Crippen LogP contribution is 2.25. The normalized spacial score (nSPS) is 15.4. The fourth-order valence-electron chi connectivity index (χ4n) is 3.18. The van der Waals surface area contributed by atoms with Gasteiger partial charge in [-0.1, -0.05) is 30.3 Å². The van der Waals surface area contributed by atoms with Gasteiger partial charge in [0.1, 0.15) is 5.70 Å². The minimum Gasteiger partial charge on any atom is -0.342 e. The van der Waals surface area contributed by atoms with Crippen LogP contribution in [0.5, 0.6) is 0 Å². The number of rotatable bonds is 3. The second-order valence-electron chi connectivity index (χ2n) is 6.39. The van der Waals surface area contributed by atoms with Crippen LogP contribution in [0, 0.1) is 11.3 Å². The molecule has 0 radical (unpaired) electrons. The second-order valence-corrected chi connectivity index (χ2v) is 6.78. The molecule has 1 aromatic heterocycles. The van der Waals surface area contributed by atoms with E-state index in [0.717, 1.165) is 22.0 Å². The van der Waals surface area contributed by atoms with Crippen LogP contribution in [0.4, 0.5) is 0 Å². The lowest BCUT2D eigenvalue weighted by atomic mass is 10.1. The van der Waals surface area contributed by atoms with Gasteiger partial charge in [0.15, 0.2) is 5.11 Å². The van der Waals surface area contributed by atoms with Gasteiger partial charge in [0.2, 0.25) is 0 Å². The second kappa shape index (κ2) is 6.71. The number of amides is 1. The van der Waals surface area contributed by atoms with Gasteiger partial charge in [0, 0.05) is 36.3 Å². The number of fused-ring (bicyclic) bond motifs is 1. The highest BCUT2D eigenvalue weighted by molar-refractivity contribution is 7.80. The van der Waals surface area contributed by atoms with Crippen LogP contribution in [0.25, 0.3) is 17.0 Å². The summed E-state index contributed by atoms with van der Waals surface area (Å²) >= 11 is 5.15. The van der Waals surface area contributed by atoms with E-state index < -0.39 is 0 Å². The minimum absolute atomic E-state index is 0.135. The molecule has 0 saturated carbocycles. The monoisotopic (exact) mass is 372 g/mol. The van der Waals surface area contributed by atoms with Crippen molar-refractivity contribution in [2.45, 2.75) is 6.54 Å². The van der Waals surface area contributed by atoms with E-state index in [-0.39, 0.29) is 5.91 Å². The maximum absolute atomic E-state index is 12.3.